The summed E-state index contributed by atoms with van der Waals surface area (Å²) in [5.74, 6) is 0.507. The van der Waals surface area contributed by atoms with Crippen LogP contribution in [0.4, 0.5) is 13.2 Å². The molecule has 3 nitrogen and oxygen atoms in total. The number of aromatic nitrogens is 2. The van der Waals surface area contributed by atoms with Crippen molar-refractivity contribution in [2.75, 3.05) is 7.11 Å². The van der Waals surface area contributed by atoms with E-state index in [4.69, 9.17) is 4.74 Å². The van der Waals surface area contributed by atoms with Crippen molar-refractivity contribution in [3.8, 4) is 5.75 Å². The molecular weight excluding hydrogens is 336 g/mol. The minimum absolute atomic E-state index is 0.243. The first-order chi connectivity index (χ1) is 7.43. The smallest absolute Gasteiger partial charge is 0.434 e. The van der Waals surface area contributed by atoms with E-state index >= 15 is 0 Å². The molecule has 2 aromatic rings. The number of halogens is 4. The highest BCUT2D eigenvalue weighted by atomic mass is 127. The summed E-state index contributed by atoms with van der Waals surface area (Å²) >= 11 is 1.90. The highest BCUT2D eigenvalue weighted by Crippen LogP contribution is 2.31. The third-order valence-electron chi connectivity index (χ3n) is 2.04. The number of alkyl halides is 3. The van der Waals surface area contributed by atoms with Crippen molar-refractivity contribution in [3.63, 3.8) is 0 Å². The Morgan fingerprint density at radius 1 is 1.44 bits per heavy atom. The van der Waals surface area contributed by atoms with E-state index in [1.165, 1.54) is 17.7 Å². The molecule has 0 aliphatic carbocycles. The Balaban J connectivity index is 2.67. The van der Waals surface area contributed by atoms with Crippen LogP contribution in [0.2, 0.25) is 0 Å². The van der Waals surface area contributed by atoms with E-state index in [9.17, 15) is 13.2 Å². The van der Waals surface area contributed by atoms with Gasteiger partial charge in [0.15, 0.2) is 11.3 Å². The second-order valence-corrected chi connectivity index (χ2v) is 4.13. The fraction of sp³-hybridized carbons (Fsp3) is 0.222. The van der Waals surface area contributed by atoms with Gasteiger partial charge in [-0.2, -0.15) is 13.2 Å². The summed E-state index contributed by atoms with van der Waals surface area (Å²) in [6.45, 7) is 0. The standard InChI is InChI=1S/C9H6F3IN2O/c1-16-5-2-3-15-4-6(9(10,11)12)14-8(15)7(5)13/h2-4H,1H3. The quantitative estimate of drug-likeness (QED) is 0.745. The molecule has 0 N–H and O–H groups in total. The van der Waals surface area contributed by atoms with Crippen LogP contribution in [-0.4, -0.2) is 16.5 Å². The van der Waals surface area contributed by atoms with Crippen LogP contribution < -0.4 is 4.74 Å². The van der Waals surface area contributed by atoms with E-state index in [1.54, 1.807) is 6.07 Å². The fourth-order valence-corrected chi connectivity index (χ4v) is 2.09. The monoisotopic (exact) mass is 342 g/mol. The van der Waals surface area contributed by atoms with Crippen molar-refractivity contribution in [1.82, 2.24) is 9.38 Å². The second kappa shape index (κ2) is 3.79. The Labute approximate surface area is 102 Å². The second-order valence-electron chi connectivity index (χ2n) is 3.05. The molecule has 0 unspecified atom stereocenters. The first-order valence-electron chi connectivity index (χ1n) is 4.22. The van der Waals surface area contributed by atoms with Crippen LogP contribution in [0.5, 0.6) is 5.75 Å². The number of fused-ring (bicyclic) bond motifs is 1. The van der Waals surface area contributed by atoms with Crippen molar-refractivity contribution < 1.29 is 17.9 Å². The number of methoxy groups -OCH3 is 1. The van der Waals surface area contributed by atoms with Crippen molar-refractivity contribution >= 4 is 28.2 Å². The van der Waals surface area contributed by atoms with Crippen molar-refractivity contribution in [2.45, 2.75) is 6.18 Å². The van der Waals surface area contributed by atoms with Crippen LogP contribution in [0.3, 0.4) is 0 Å². The molecule has 0 amide bonds. The highest BCUT2D eigenvalue weighted by Gasteiger charge is 2.34. The van der Waals surface area contributed by atoms with Crippen molar-refractivity contribution in [3.05, 3.63) is 27.7 Å². The molecular formula is C9H6F3IN2O. The predicted octanol–water partition coefficient (Wildman–Crippen LogP) is 2.97. The topological polar surface area (TPSA) is 26.5 Å². The van der Waals surface area contributed by atoms with Crippen LogP contribution in [0.25, 0.3) is 5.65 Å². The molecule has 0 bridgehead atoms. The molecule has 0 fully saturated rings. The largest absolute Gasteiger partial charge is 0.495 e. The lowest BCUT2D eigenvalue weighted by Gasteiger charge is -2.03. The van der Waals surface area contributed by atoms with Gasteiger partial charge in [0.2, 0.25) is 0 Å². The first-order valence-corrected chi connectivity index (χ1v) is 5.29. The molecule has 0 saturated carbocycles. The summed E-state index contributed by atoms with van der Waals surface area (Å²) < 4.78 is 44.2. The number of rotatable bonds is 1. The van der Waals surface area contributed by atoms with Crippen molar-refractivity contribution in [1.29, 1.82) is 0 Å². The van der Waals surface area contributed by atoms with Gasteiger partial charge in [0.25, 0.3) is 0 Å². The van der Waals surface area contributed by atoms with Gasteiger partial charge in [0.1, 0.15) is 5.75 Å². The van der Waals surface area contributed by atoms with Gasteiger partial charge < -0.3 is 9.14 Å². The van der Waals surface area contributed by atoms with E-state index in [0.717, 1.165) is 6.20 Å². The summed E-state index contributed by atoms with van der Waals surface area (Å²) in [5, 5.41) is 0. The minimum Gasteiger partial charge on any atom is -0.495 e. The van der Waals surface area contributed by atoms with Gasteiger partial charge >= 0.3 is 6.18 Å². The van der Waals surface area contributed by atoms with Crippen LogP contribution in [0.15, 0.2) is 18.5 Å². The Morgan fingerprint density at radius 3 is 2.69 bits per heavy atom. The maximum Gasteiger partial charge on any atom is 0.434 e. The van der Waals surface area contributed by atoms with Gasteiger partial charge in [-0.15, -0.1) is 0 Å². The van der Waals surface area contributed by atoms with E-state index in [0.29, 0.717) is 9.32 Å². The molecule has 2 aromatic heterocycles. The number of hydrogen-bond donors (Lipinski definition) is 0. The number of nitrogens with zero attached hydrogens (tertiary/aromatic N) is 2. The molecule has 86 valence electrons. The fourth-order valence-electron chi connectivity index (χ4n) is 1.30. The third kappa shape index (κ3) is 1.83. The summed E-state index contributed by atoms with van der Waals surface area (Å²) in [6.07, 6.45) is -1.99. The van der Waals surface area contributed by atoms with Gasteiger partial charge in [0, 0.05) is 12.4 Å². The van der Waals surface area contributed by atoms with Gasteiger partial charge in [0.05, 0.1) is 10.7 Å². The summed E-state index contributed by atoms with van der Waals surface area (Å²) in [5.41, 5.74) is -0.661. The molecule has 2 rings (SSSR count). The number of imidazole rings is 1. The van der Waals surface area contributed by atoms with E-state index < -0.39 is 11.9 Å². The van der Waals surface area contributed by atoms with E-state index in [-0.39, 0.29) is 5.65 Å². The molecule has 2 heterocycles. The predicted molar refractivity (Wildman–Crippen MR) is 59.5 cm³/mol. The van der Waals surface area contributed by atoms with Gasteiger partial charge in [-0.1, -0.05) is 0 Å². The molecule has 0 aliphatic heterocycles. The molecule has 7 heteroatoms. The molecule has 0 radical (unpaired) electrons. The zero-order valence-electron chi connectivity index (χ0n) is 8.05. The highest BCUT2D eigenvalue weighted by molar-refractivity contribution is 14.1. The van der Waals surface area contributed by atoms with E-state index in [1.807, 2.05) is 22.6 Å². The van der Waals surface area contributed by atoms with Crippen LogP contribution >= 0.6 is 22.6 Å². The Morgan fingerprint density at radius 2 is 2.12 bits per heavy atom. The lowest BCUT2D eigenvalue weighted by Crippen LogP contribution is -2.04. The Bertz CT molecular complexity index is 535. The Hall–Kier alpha value is -0.990. The lowest BCUT2D eigenvalue weighted by molar-refractivity contribution is -0.140. The van der Waals surface area contributed by atoms with Gasteiger partial charge in [-0.25, -0.2) is 4.98 Å². The molecule has 0 saturated heterocycles. The average molecular weight is 342 g/mol. The van der Waals surface area contributed by atoms with Crippen LogP contribution in [-0.2, 0) is 6.18 Å². The van der Waals surface area contributed by atoms with Crippen LogP contribution in [0.1, 0.15) is 5.69 Å². The van der Waals surface area contributed by atoms with Gasteiger partial charge in [-0.05, 0) is 28.7 Å². The van der Waals surface area contributed by atoms with E-state index in [2.05, 4.69) is 4.98 Å². The van der Waals surface area contributed by atoms with Crippen molar-refractivity contribution in [2.24, 2.45) is 0 Å². The van der Waals surface area contributed by atoms with Gasteiger partial charge in [-0.3, -0.25) is 0 Å². The molecule has 0 spiro atoms. The van der Waals surface area contributed by atoms with Crippen LogP contribution in [0, 0.1) is 3.57 Å². The third-order valence-corrected chi connectivity index (χ3v) is 3.06. The summed E-state index contributed by atoms with van der Waals surface area (Å²) in [6, 6.07) is 1.59. The maximum atomic E-state index is 12.4. The number of hydrogen-bond acceptors (Lipinski definition) is 2. The minimum atomic E-state index is -4.43. The average Bonchev–Trinajstić information content (AvgIpc) is 2.62. The number of ether oxygens (including phenoxy) is 1. The normalized spacial score (nSPS) is 12.1. The maximum absolute atomic E-state index is 12.4. The first kappa shape index (κ1) is 11.5. The lowest BCUT2D eigenvalue weighted by atomic mass is 10.4. The SMILES string of the molecule is COc1ccn2cc(C(F)(F)F)nc2c1I. The zero-order chi connectivity index (χ0) is 11.9. The summed E-state index contributed by atoms with van der Waals surface area (Å²) in [4.78, 5) is 3.54. The number of pyridine rings is 1. The summed E-state index contributed by atoms with van der Waals surface area (Å²) in [7, 11) is 1.46. The molecule has 0 aromatic carbocycles. The zero-order valence-corrected chi connectivity index (χ0v) is 10.2. The molecule has 16 heavy (non-hydrogen) atoms. The molecule has 0 aliphatic rings. The molecule has 0 atom stereocenters. The Kier molecular flexibility index (Phi) is 2.72.